The van der Waals surface area contributed by atoms with Gasteiger partial charge < -0.3 is 16.4 Å². The van der Waals surface area contributed by atoms with Gasteiger partial charge >= 0.3 is 0 Å². The van der Waals surface area contributed by atoms with Gasteiger partial charge in [0.05, 0.1) is 12.1 Å². The van der Waals surface area contributed by atoms with Gasteiger partial charge in [0.25, 0.3) is 5.91 Å². The summed E-state index contributed by atoms with van der Waals surface area (Å²) < 4.78 is 12.7. The van der Waals surface area contributed by atoms with E-state index in [0.29, 0.717) is 6.54 Å². The zero-order valence-corrected chi connectivity index (χ0v) is 9.42. The van der Waals surface area contributed by atoms with Crippen LogP contribution in [0.4, 0.5) is 10.1 Å². The molecule has 0 unspecified atom stereocenters. The maximum Gasteiger partial charge on any atom is 0.253 e. The van der Waals surface area contributed by atoms with Crippen molar-refractivity contribution in [3.05, 3.63) is 29.6 Å². The number of likely N-dealkylation sites (N-methyl/N-ethyl adjacent to an activating group) is 1. The third-order valence-electron chi connectivity index (χ3n) is 2.04. The van der Waals surface area contributed by atoms with E-state index in [-0.39, 0.29) is 23.7 Å². The van der Waals surface area contributed by atoms with Crippen LogP contribution < -0.4 is 16.4 Å². The predicted octanol–water partition coefficient (Wildman–Crippen LogP) is 0.274. The summed E-state index contributed by atoms with van der Waals surface area (Å²) in [7, 11) is 0. The molecule has 0 aliphatic carbocycles. The highest BCUT2D eigenvalue weighted by atomic mass is 19.1. The predicted molar refractivity (Wildman–Crippen MR) is 61.8 cm³/mol. The molecule has 1 aromatic carbocycles. The third-order valence-corrected chi connectivity index (χ3v) is 2.04. The zero-order chi connectivity index (χ0) is 12.8. The Balaban J connectivity index is 2.61. The SMILES string of the molecule is CCNC(=O)CNC(=O)c1ccc(F)cc1N. The Morgan fingerprint density at radius 1 is 1.35 bits per heavy atom. The molecule has 0 radical (unpaired) electrons. The van der Waals surface area contributed by atoms with Crippen molar-refractivity contribution < 1.29 is 14.0 Å². The number of amides is 2. The number of halogens is 1. The van der Waals surface area contributed by atoms with E-state index in [9.17, 15) is 14.0 Å². The largest absolute Gasteiger partial charge is 0.398 e. The lowest BCUT2D eigenvalue weighted by atomic mass is 10.1. The summed E-state index contributed by atoms with van der Waals surface area (Å²) in [6, 6.07) is 3.47. The maximum atomic E-state index is 12.7. The summed E-state index contributed by atoms with van der Waals surface area (Å²) in [6.07, 6.45) is 0. The van der Waals surface area contributed by atoms with Crippen LogP contribution in [-0.2, 0) is 4.79 Å². The first kappa shape index (κ1) is 13.0. The van der Waals surface area contributed by atoms with Crippen LogP contribution in [0.1, 0.15) is 17.3 Å². The molecule has 0 bridgehead atoms. The van der Waals surface area contributed by atoms with Crippen molar-refractivity contribution in [1.29, 1.82) is 0 Å². The Hall–Kier alpha value is -2.11. The van der Waals surface area contributed by atoms with E-state index in [1.165, 1.54) is 6.07 Å². The monoisotopic (exact) mass is 239 g/mol. The summed E-state index contributed by atoms with van der Waals surface area (Å²) in [5.74, 6) is -1.31. The van der Waals surface area contributed by atoms with Gasteiger partial charge in [-0.25, -0.2) is 4.39 Å². The lowest BCUT2D eigenvalue weighted by Gasteiger charge is -2.07. The van der Waals surface area contributed by atoms with Crippen molar-refractivity contribution in [3.8, 4) is 0 Å². The van der Waals surface area contributed by atoms with Gasteiger partial charge in [-0.1, -0.05) is 0 Å². The average molecular weight is 239 g/mol. The van der Waals surface area contributed by atoms with Gasteiger partial charge in [0.15, 0.2) is 0 Å². The molecule has 92 valence electrons. The lowest BCUT2D eigenvalue weighted by molar-refractivity contribution is -0.120. The van der Waals surface area contributed by atoms with Crippen molar-refractivity contribution in [1.82, 2.24) is 10.6 Å². The van der Waals surface area contributed by atoms with E-state index in [0.717, 1.165) is 12.1 Å². The normalized spacial score (nSPS) is 9.76. The highest BCUT2D eigenvalue weighted by Crippen LogP contribution is 2.12. The van der Waals surface area contributed by atoms with Gasteiger partial charge in [0.1, 0.15) is 5.82 Å². The number of nitrogens with two attached hydrogens (primary N) is 1. The molecule has 2 amide bonds. The van der Waals surface area contributed by atoms with Gasteiger partial charge in [-0.15, -0.1) is 0 Å². The number of carbonyl (C=O) groups is 2. The second-order valence-electron chi connectivity index (χ2n) is 3.37. The summed E-state index contributed by atoms with van der Waals surface area (Å²) in [5, 5.41) is 4.92. The van der Waals surface area contributed by atoms with Crippen LogP contribution in [0.5, 0.6) is 0 Å². The molecule has 1 aromatic rings. The van der Waals surface area contributed by atoms with Crippen LogP contribution in [-0.4, -0.2) is 24.9 Å². The first-order valence-corrected chi connectivity index (χ1v) is 5.14. The van der Waals surface area contributed by atoms with E-state index >= 15 is 0 Å². The third kappa shape index (κ3) is 3.75. The highest BCUT2D eigenvalue weighted by molar-refractivity contribution is 6.00. The fraction of sp³-hybridized carbons (Fsp3) is 0.273. The first-order valence-electron chi connectivity index (χ1n) is 5.14. The maximum absolute atomic E-state index is 12.7. The van der Waals surface area contributed by atoms with Crippen LogP contribution in [0.2, 0.25) is 0 Å². The number of nitrogen functional groups attached to an aromatic ring is 1. The van der Waals surface area contributed by atoms with Gasteiger partial charge in [0, 0.05) is 12.2 Å². The first-order chi connectivity index (χ1) is 8.04. The van der Waals surface area contributed by atoms with E-state index < -0.39 is 11.7 Å². The van der Waals surface area contributed by atoms with Crippen LogP contribution >= 0.6 is 0 Å². The number of nitrogens with one attached hydrogen (secondary N) is 2. The molecule has 5 nitrogen and oxygen atoms in total. The minimum Gasteiger partial charge on any atom is -0.398 e. The highest BCUT2D eigenvalue weighted by Gasteiger charge is 2.11. The molecule has 0 heterocycles. The van der Waals surface area contributed by atoms with Crippen molar-refractivity contribution in [2.75, 3.05) is 18.8 Å². The minimum absolute atomic E-state index is 0.0402. The van der Waals surface area contributed by atoms with E-state index in [4.69, 9.17) is 5.73 Å². The number of hydrogen-bond donors (Lipinski definition) is 3. The molecule has 0 aliphatic heterocycles. The van der Waals surface area contributed by atoms with Gasteiger partial charge in [0.2, 0.25) is 5.91 Å². The van der Waals surface area contributed by atoms with Gasteiger partial charge in [-0.2, -0.15) is 0 Å². The number of carbonyl (C=O) groups excluding carboxylic acids is 2. The van der Waals surface area contributed by atoms with Crippen LogP contribution in [0.25, 0.3) is 0 Å². The van der Waals surface area contributed by atoms with Crippen molar-refractivity contribution in [2.24, 2.45) is 0 Å². The Morgan fingerprint density at radius 3 is 2.65 bits per heavy atom. The summed E-state index contributed by atoms with van der Waals surface area (Å²) in [4.78, 5) is 22.7. The van der Waals surface area contributed by atoms with E-state index in [1.807, 2.05) is 0 Å². The summed E-state index contributed by atoms with van der Waals surface area (Å²) in [5.41, 5.74) is 5.67. The second-order valence-corrected chi connectivity index (χ2v) is 3.37. The Labute approximate surface area is 98.2 Å². The van der Waals surface area contributed by atoms with Crippen LogP contribution in [0, 0.1) is 5.82 Å². The molecule has 0 atom stereocenters. The number of rotatable bonds is 4. The Morgan fingerprint density at radius 2 is 2.06 bits per heavy atom. The molecule has 0 saturated heterocycles. The molecule has 1 rings (SSSR count). The van der Waals surface area contributed by atoms with Crippen LogP contribution in [0.3, 0.4) is 0 Å². The quantitative estimate of drug-likeness (QED) is 0.659. The molecular weight excluding hydrogens is 225 g/mol. The lowest BCUT2D eigenvalue weighted by Crippen LogP contribution is -2.37. The fourth-order valence-corrected chi connectivity index (χ4v) is 1.26. The Kier molecular flexibility index (Phi) is 4.45. The molecule has 4 N–H and O–H groups in total. The second kappa shape index (κ2) is 5.83. The number of anilines is 1. The fourth-order valence-electron chi connectivity index (χ4n) is 1.26. The van der Waals surface area contributed by atoms with Gasteiger partial charge in [-0.05, 0) is 25.1 Å². The average Bonchev–Trinajstić information content (AvgIpc) is 2.26. The van der Waals surface area contributed by atoms with Gasteiger partial charge in [-0.3, -0.25) is 9.59 Å². The molecule has 0 aliphatic rings. The molecule has 0 fully saturated rings. The topological polar surface area (TPSA) is 84.2 Å². The van der Waals surface area contributed by atoms with Crippen molar-refractivity contribution in [2.45, 2.75) is 6.92 Å². The zero-order valence-electron chi connectivity index (χ0n) is 9.42. The smallest absolute Gasteiger partial charge is 0.253 e. The number of hydrogen-bond acceptors (Lipinski definition) is 3. The molecule has 0 saturated carbocycles. The molecule has 0 aromatic heterocycles. The minimum atomic E-state index is -0.511. The summed E-state index contributed by atoms with van der Waals surface area (Å²) in [6.45, 7) is 2.13. The van der Waals surface area contributed by atoms with Crippen LogP contribution in [0.15, 0.2) is 18.2 Å². The number of benzene rings is 1. The molecular formula is C11H14FN3O2. The van der Waals surface area contributed by atoms with Crippen molar-refractivity contribution >= 4 is 17.5 Å². The van der Waals surface area contributed by atoms with E-state index in [2.05, 4.69) is 10.6 Å². The molecule has 6 heteroatoms. The molecule has 0 spiro atoms. The summed E-state index contributed by atoms with van der Waals surface area (Å²) >= 11 is 0. The van der Waals surface area contributed by atoms with E-state index in [1.54, 1.807) is 6.92 Å². The van der Waals surface area contributed by atoms with Crippen molar-refractivity contribution in [3.63, 3.8) is 0 Å². The molecule has 17 heavy (non-hydrogen) atoms. The Bertz CT molecular complexity index is 435. The standard InChI is InChI=1S/C11H14FN3O2/c1-2-14-10(16)6-15-11(17)8-4-3-7(12)5-9(8)13/h3-5H,2,6,13H2,1H3,(H,14,16)(H,15,17).